The van der Waals surface area contributed by atoms with Crippen LogP contribution in [0.15, 0.2) is 41.8 Å². The van der Waals surface area contributed by atoms with E-state index < -0.39 is 5.82 Å². The number of pyridine rings is 1. The van der Waals surface area contributed by atoms with E-state index in [9.17, 15) is 4.39 Å². The topological polar surface area (TPSA) is 87.3 Å². The van der Waals surface area contributed by atoms with E-state index in [4.69, 9.17) is 34.0 Å². The van der Waals surface area contributed by atoms with Crippen LogP contribution in [0.3, 0.4) is 0 Å². The minimum Gasteiger partial charge on any atom is -0.404 e. The fourth-order valence-electron chi connectivity index (χ4n) is 3.07. The summed E-state index contributed by atoms with van der Waals surface area (Å²) in [5, 5.41) is 10.1. The third-order valence-electron chi connectivity index (χ3n) is 4.51. The van der Waals surface area contributed by atoms with E-state index in [0.717, 1.165) is 16.5 Å². The maximum Gasteiger partial charge on any atom is 0.142 e. The highest BCUT2D eigenvalue weighted by atomic mass is 35.5. The highest BCUT2D eigenvalue weighted by Gasteiger charge is 2.21. The number of nitrogens with zero attached hydrogens (tertiary/aromatic N) is 2. The molecule has 0 unspecified atom stereocenters. The van der Waals surface area contributed by atoms with Crippen molar-refractivity contribution >= 4 is 46.0 Å². The van der Waals surface area contributed by atoms with E-state index in [1.807, 2.05) is 19.2 Å². The number of benzene rings is 1. The van der Waals surface area contributed by atoms with Gasteiger partial charge in [-0.1, -0.05) is 30.1 Å². The number of aromatic amines is 1. The van der Waals surface area contributed by atoms with Gasteiger partial charge in [-0.25, -0.2) is 9.37 Å². The Morgan fingerprint density at radius 3 is 2.93 bits per heavy atom. The number of nitrogens with one attached hydrogen (secondary N) is 1. The molecule has 146 valence electrons. The number of rotatable bonds is 6. The number of aliphatic hydroxyl groups excluding tert-OH is 1. The maximum absolute atomic E-state index is 14.0. The van der Waals surface area contributed by atoms with Gasteiger partial charge in [0.2, 0.25) is 0 Å². The third kappa shape index (κ3) is 3.90. The molecule has 2 heterocycles. The predicted molar refractivity (Wildman–Crippen MR) is 113 cm³/mol. The first-order valence-corrected chi connectivity index (χ1v) is 9.36. The van der Waals surface area contributed by atoms with Crippen molar-refractivity contribution in [3.8, 4) is 0 Å². The van der Waals surface area contributed by atoms with Gasteiger partial charge in [-0.3, -0.25) is 4.99 Å². The van der Waals surface area contributed by atoms with E-state index in [-0.39, 0.29) is 24.1 Å². The van der Waals surface area contributed by atoms with Crippen molar-refractivity contribution in [2.24, 2.45) is 10.7 Å². The summed E-state index contributed by atoms with van der Waals surface area (Å²) in [5.74, 6) is -0.783. The molecule has 0 bridgehead atoms. The van der Waals surface area contributed by atoms with Crippen LogP contribution in [0, 0.1) is 5.82 Å². The molecule has 0 saturated heterocycles. The summed E-state index contributed by atoms with van der Waals surface area (Å²) in [6, 6.07) is 4.68. The summed E-state index contributed by atoms with van der Waals surface area (Å²) in [7, 11) is 0. The van der Waals surface area contributed by atoms with Crippen LogP contribution >= 0.6 is 23.2 Å². The average Bonchev–Trinajstić information content (AvgIpc) is 3.11. The van der Waals surface area contributed by atoms with Crippen LogP contribution in [0.1, 0.15) is 29.5 Å². The van der Waals surface area contributed by atoms with Gasteiger partial charge in [0.25, 0.3) is 0 Å². The van der Waals surface area contributed by atoms with Gasteiger partial charge in [-0.15, -0.1) is 0 Å². The summed E-state index contributed by atoms with van der Waals surface area (Å²) in [5.41, 5.74) is 9.24. The average molecular weight is 421 g/mol. The second-order valence-corrected chi connectivity index (χ2v) is 7.01. The van der Waals surface area contributed by atoms with Gasteiger partial charge in [-0.05, 0) is 29.3 Å². The predicted octanol–water partition coefficient (Wildman–Crippen LogP) is 4.52. The molecule has 2 aromatic heterocycles. The SMILES string of the molecule is C[C@@H](c1c(Cl)ccc(F)c1Cl)c1c[nH]c2ncc(C(C=NCCO)=CN)cc12. The molecule has 0 fully saturated rings. The zero-order chi connectivity index (χ0) is 20.3. The number of hydrogen-bond acceptors (Lipinski definition) is 4. The highest BCUT2D eigenvalue weighted by molar-refractivity contribution is 6.36. The van der Waals surface area contributed by atoms with Crippen molar-refractivity contribution in [1.82, 2.24) is 9.97 Å². The Kier molecular flexibility index (Phi) is 6.34. The van der Waals surface area contributed by atoms with Gasteiger partial charge in [0, 0.05) is 52.3 Å². The van der Waals surface area contributed by atoms with Crippen LogP contribution in [-0.4, -0.2) is 34.4 Å². The van der Waals surface area contributed by atoms with Crippen molar-refractivity contribution in [2.45, 2.75) is 12.8 Å². The first-order valence-electron chi connectivity index (χ1n) is 8.61. The number of fused-ring (bicyclic) bond motifs is 1. The fraction of sp³-hybridized carbons (Fsp3) is 0.200. The van der Waals surface area contributed by atoms with Gasteiger partial charge in [-0.2, -0.15) is 0 Å². The normalized spacial score (nSPS) is 13.5. The van der Waals surface area contributed by atoms with Crippen molar-refractivity contribution in [3.05, 3.63) is 69.3 Å². The zero-order valence-electron chi connectivity index (χ0n) is 15.1. The fourth-order valence-corrected chi connectivity index (χ4v) is 3.77. The van der Waals surface area contributed by atoms with E-state index in [1.54, 1.807) is 12.4 Å². The largest absolute Gasteiger partial charge is 0.404 e. The van der Waals surface area contributed by atoms with Crippen molar-refractivity contribution in [3.63, 3.8) is 0 Å². The lowest BCUT2D eigenvalue weighted by Crippen LogP contribution is -2.00. The summed E-state index contributed by atoms with van der Waals surface area (Å²) >= 11 is 12.5. The number of nitrogens with two attached hydrogens (primary N) is 1. The molecule has 28 heavy (non-hydrogen) atoms. The highest BCUT2D eigenvalue weighted by Crippen LogP contribution is 2.39. The second-order valence-electron chi connectivity index (χ2n) is 6.22. The smallest absolute Gasteiger partial charge is 0.142 e. The van der Waals surface area contributed by atoms with Crippen molar-refractivity contribution in [2.75, 3.05) is 13.2 Å². The van der Waals surface area contributed by atoms with Gasteiger partial charge in [0.15, 0.2) is 0 Å². The lowest BCUT2D eigenvalue weighted by atomic mass is 9.92. The van der Waals surface area contributed by atoms with E-state index in [2.05, 4.69) is 15.0 Å². The molecule has 4 N–H and O–H groups in total. The molecule has 0 amide bonds. The van der Waals surface area contributed by atoms with Gasteiger partial charge in [0.05, 0.1) is 18.2 Å². The Labute approximate surface area is 171 Å². The summed E-state index contributed by atoms with van der Waals surface area (Å²) < 4.78 is 14.0. The number of allylic oxidation sites excluding steroid dienone is 1. The number of aliphatic imine (C=N–C) groups is 1. The van der Waals surface area contributed by atoms with Crippen molar-refractivity contribution in [1.29, 1.82) is 0 Å². The molecule has 8 heteroatoms. The first kappa shape index (κ1) is 20.3. The lowest BCUT2D eigenvalue weighted by Gasteiger charge is -2.15. The summed E-state index contributed by atoms with van der Waals surface area (Å²) in [6.45, 7) is 2.15. The quantitative estimate of drug-likeness (QED) is 0.404. The van der Waals surface area contributed by atoms with E-state index in [1.165, 1.54) is 18.3 Å². The molecule has 0 saturated carbocycles. The standard InChI is InChI=1S/C20H19Cl2FN4O/c1-11(18-16(21)2-3-17(23)19(18)22)15-10-27-20-14(15)6-12(9-26-20)13(7-24)8-25-4-5-28/h2-3,6-11,28H,4-5,24H2,1H3,(H,26,27)/t11-/m1/s1. The van der Waals surface area contributed by atoms with E-state index >= 15 is 0 Å². The molecule has 0 aliphatic rings. The van der Waals surface area contributed by atoms with Crippen LogP contribution in [0.4, 0.5) is 4.39 Å². The molecule has 5 nitrogen and oxygen atoms in total. The molecule has 0 aliphatic heterocycles. The number of hydrogen-bond donors (Lipinski definition) is 3. The van der Waals surface area contributed by atoms with Crippen LogP contribution in [0.2, 0.25) is 10.0 Å². The van der Waals surface area contributed by atoms with Crippen LogP contribution in [0.5, 0.6) is 0 Å². The van der Waals surface area contributed by atoms with Gasteiger partial charge >= 0.3 is 0 Å². The molecular formula is C20H19Cl2FN4O. The molecule has 1 atom stereocenters. The Hall–Kier alpha value is -2.41. The summed E-state index contributed by atoms with van der Waals surface area (Å²) in [6.07, 6.45) is 6.52. The Morgan fingerprint density at radius 1 is 1.43 bits per heavy atom. The molecule has 0 radical (unpaired) electrons. The molecule has 3 aromatic rings. The molecule has 0 spiro atoms. The monoisotopic (exact) mass is 420 g/mol. The summed E-state index contributed by atoms with van der Waals surface area (Å²) in [4.78, 5) is 11.7. The molecule has 0 aliphatic carbocycles. The van der Waals surface area contributed by atoms with Gasteiger partial charge < -0.3 is 15.8 Å². The number of aliphatic hydroxyl groups is 1. The lowest BCUT2D eigenvalue weighted by molar-refractivity contribution is 0.307. The third-order valence-corrected chi connectivity index (χ3v) is 5.23. The zero-order valence-corrected chi connectivity index (χ0v) is 16.6. The van der Waals surface area contributed by atoms with Crippen LogP contribution < -0.4 is 5.73 Å². The minimum atomic E-state index is -0.514. The Morgan fingerprint density at radius 2 is 2.21 bits per heavy atom. The Bertz CT molecular complexity index is 1060. The van der Waals surface area contributed by atoms with Crippen LogP contribution in [-0.2, 0) is 0 Å². The number of H-pyrrole nitrogens is 1. The minimum absolute atomic E-state index is 0.0112. The first-order chi connectivity index (χ1) is 13.5. The van der Waals surface area contributed by atoms with E-state index in [0.29, 0.717) is 21.8 Å². The Balaban J connectivity index is 2.07. The maximum atomic E-state index is 14.0. The molecule has 3 rings (SSSR count). The number of aromatic nitrogens is 2. The number of halogens is 3. The van der Waals surface area contributed by atoms with Gasteiger partial charge in [0.1, 0.15) is 11.5 Å². The molecular weight excluding hydrogens is 402 g/mol. The molecule has 1 aromatic carbocycles. The van der Waals surface area contributed by atoms with Crippen LogP contribution in [0.25, 0.3) is 16.6 Å². The van der Waals surface area contributed by atoms with Crippen molar-refractivity contribution < 1.29 is 9.50 Å². The second kappa shape index (κ2) is 8.73.